The van der Waals surface area contributed by atoms with Gasteiger partial charge in [0.25, 0.3) is 0 Å². The average Bonchev–Trinajstić information content (AvgIpc) is 2.82. The largest absolute Gasteiger partial charge is 0.396 e. The molecule has 1 aromatic rings. The zero-order valence-electron chi connectivity index (χ0n) is 11.0. The molecule has 0 aliphatic heterocycles. The van der Waals surface area contributed by atoms with Crippen LogP contribution in [0.1, 0.15) is 37.4 Å². The van der Waals surface area contributed by atoms with Crippen molar-refractivity contribution in [3.8, 4) is 0 Å². The summed E-state index contributed by atoms with van der Waals surface area (Å²) in [5.74, 6) is 0.362. The fraction of sp³-hybridized carbons (Fsp3) is 0.769. The van der Waals surface area contributed by atoms with Gasteiger partial charge in [-0.05, 0) is 18.8 Å². The van der Waals surface area contributed by atoms with E-state index in [-0.39, 0.29) is 12.6 Å². The highest BCUT2D eigenvalue weighted by Crippen LogP contribution is 2.26. The van der Waals surface area contributed by atoms with Crippen molar-refractivity contribution >= 4 is 0 Å². The Labute approximate surface area is 108 Å². The molecular weight excluding hydrogens is 228 g/mol. The van der Waals surface area contributed by atoms with Gasteiger partial charge in [0.1, 0.15) is 0 Å². The van der Waals surface area contributed by atoms with E-state index in [1.54, 1.807) is 6.33 Å². The third kappa shape index (κ3) is 2.91. The van der Waals surface area contributed by atoms with Crippen LogP contribution in [0.3, 0.4) is 0 Å². The van der Waals surface area contributed by atoms with Crippen molar-refractivity contribution < 1.29 is 5.11 Å². The molecule has 3 unspecified atom stereocenters. The van der Waals surface area contributed by atoms with Crippen molar-refractivity contribution in [2.45, 2.75) is 37.8 Å². The summed E-state index contributed by atoms with van der Waals surface area (Å²) in [7, 11) is 1.98. The summed E-state index contributed by atoms with van der Waals surface area (Å²) in [5, 5.41) is 13.0. The summed E-state index contributed by atoms with van der Waals surface area (Å²) < 4.78 is 2.00. The Kier molecular flexibility index (Phi) is 4.74. The van der Waals surface area contributed by atoms with Crippen molar-refractivity contribution in [3.63, 3.8) is 0 Å². The molecular formula is C13H24N4O. The van der Waals surface area contributed by atoms with Crippen LogP contribution in [-0.2, 0) is 7.05 Å². The molecule has 18 heavy (non-hydrogen) atoms. The Bertz CT molecular complexity index is 366. The summed E-state index contributed by atoms with van der Waals surface area (Å²) in [6, 6.07) is 0.488. The molecule has 0 saturated heterocycles. The smallest absolute Gasteiger partial charge is 0.0946 e. The summed E-state index contributed by atoms with van der Waals surface area (Å²) in [4.78, 5) is 4.14. The van der Waals surface area contributed by atoms with Gasteiger partial charge in [0.15, 0.2) is 0 Å². The van der Waals surface area contributed by atoms with Crippen molar-refractivity contribution in [2.75, 3.05) is 13.2 Å². The maximum atomic E-state index is 9.44. The van der Waals surface area contributed by atoms with Crippen LogP contribution in [-0.4, -0.2) is 33.9 Å². The number of aryl methyl sites for hydroxylation is 1. The van der Waals surface area contributed by atoms with E-state index in [9.17, 15) is 5.11 Å². The SMILES string of the molecule is Cn1cncc1C(CN)NC1CCCCC1CO. The van der Waals surface area contributed by atoms with E-state index in [1.165, 1.54) is 12.8 Å². The van der Waals surface area contributed by atoms with Gasteiger partial charge in [-0.25, -0.2) is 4.98 Å². The molecule has 0 amide bonds. The van der Waals surface area contributed by atoms with E-state index in [0.717, 1.165) is 18.5 Å². The van der Waals surface area contributed by atoms with Crippen LogP contribution >= 0.6 is 0 Å². The Morgan fingerprint density at radius 2 is 2.33 bits per heavy atom. The van der Waals surface area contributed by atoms with Crippen LogP contribution < -0.4 is 11.1 Å². The van der Waals surface area contributed by atoms with Crippen molar-refractivity contribution in [1.29, 1.82) is 0 Å². The average molecular weight is 252 g/mol. The first-order valence-corrected chi connectivity index (χ1v) is 6.79. The zero-order chi connectivity index (χ0) is 13.0. The van der Waals surface area contributed by atoms with Gasteiger partial charge < -0.3 is 20.7 Å². The standard InChI is InChI=1S/C13H24N4O/c1-17-9-15-7-13(17)12(6-14)16-11-5-3-2-4-10(11)8-18/h7,9-12,16,18H,2-6,8,14H2,1H3. The first kappa shape index (κ1) is 13.5. The number of nitrogens with zero attached hydrogens (tertiary/aromatic N) is 2. The maximum Gasteiger partial charge on any atom is 0.0946 e. The van der Waals surface area contributed by atoms with Gasteiger partial charge in [-0.3, -0.25) is 0 Å². The second-order valence-corrected chi connectivity index (χ2v) is 5.22. The molecule has 3 atom stereocenters. The van der Waals surface area contributed by atoms with Crippen molar-refractivity contribution in [3.05, 3.63) is 18.2 Å². The predicted octanol–water partition coefficient (Wildman–Crippen LogP) is 0.561. The van der Waals surface area contributed by atoms with Gasteiger partial charge in [0.05, 0.1) is 18.1 Å². The van der Waals surface area contributed by atoms with E-state index in [4.69, 9.17) is 5.73 Å². The third-order valence-corrected chi connectivity index (χ3v) is 4.01. The lowest BCUT2D eigenvalue weighted by atomic mass is 9.84. The van der Waals surface area contributed by atoms with Crippen LogP contribution in [0.2, 0.25) is 0 Å². The van der Waals surface area contributed by atoms with Crippen molar-refractivity contribution in [1.82, 2.24) is 14.9 Å². The van der Waals surface area contributed by atoms with Crippen LogP contribution in [0, 0.1) is 5.92 Å². The molecule has 5 heteroatoms. The number of aromatic nitrogens is 2. The molecule has 1 saturated carbocycles. The van der Waals surface area contributed by atoms with E-state index >= 15 is 0 Å². The number of nitrogens with one attached hydrogen (secondary N) is 1. The molecule has 4 N–H and O–H groups in total. The zero-order valence-corrected chi connectivity index (χ0v) is 11.0. The first-order chi connectivity index (χ1) is 8.76. The van der Waals surface area contributed by atoms with E-state index in [0.29, 0.717) is 18.5 Å². The normalized spacial score (nSPS) is 26.2. The van der Waals surface area contributed by atoms with E-state index < -0.39 is 0 Å². The minimum absolute atomic E-state index is 0.120. The summed E-state index contributed by atoms with van der Waals surface area (Å²) in [6.07, 6.45) is 8.35. The molecule has 0 radical (unpaired) electrons. The fourth-order valence-electron chi connectivity index (χ4n) is 2.88. The number of aliphatic hydroxyl groups excluding tert-OH is 1. The van der Waals surface area contributed by atoms with Crippen LogP contribution in [0.4, 0.5) is 0 Å². The van der Waals surface area contributed by atoms with Crippen LogP contribution in [0.25, 0.3) is 0 Å². The number of imidazole rings is 1. The predicted molar refractivity (Wildman–Crippen MR) is 71.0 cm³/mol. The molecule has 5 nitrogen and oxygen atoms in total. The number of rotatable bonds is 5. The Morgan fingerprint density at radius 1 is 1.56 bits per heavy atom. The number of hydrogen-bond donors (Lipinski definition) is 3. The quantitative estimate of drug-likeness (QED) is 0.716. The maximum absolute atomic E-state index is 9.44. The minimum Gasteiger partial charge on any atom is -0.396 e. The first-order valence-electron chi connectivity index (χ1n) is 6.79. The lowest BCUT2D eigenvalue weighted by Gasteiger charge is -2.34. The molecule has 1 heterocycles. The molecule has 102 valence electrons. The second kappa shape index (κ2) is 6.31. The monoisotopic (exact) mass is 252 g/mol. The molecule has 1 aliphatic rings. The molecule has 0 spiro atoms. The highest BCUT2D eigenvalue weighted by molar-refractivity contribution is 5.06. The second-order valence-electron chi connectivity index (χ2n) is 5.22. The Hall–Kier alpha value is -0.910. The molecule has 1 aromatic heterocycles. The van der Waals surface area contributed by atoms with Gasteiger partial charge in [0.2, 0.25) is 0 Å². The van der Waals surface area contributed by atoms with Crippen molar-refractivity contribution in [2.24, 2.45) is 18.7 Å². The Balaban J connectivity index is 2.03. The molecule has 2 rings (SSSR count). The topological polar surface area (TPSA) is 76.1 Å². The van der Waals surface area contributed by atoms with Gasteiger partial charge >= 0.3 is 0 Å². The van der Waals surface area contributed by atoms with E-state index in [1.807, 2.05) is 17.8 Å². The number of aliphatic hydroxyl groups is 1. The summed E-state index contributed by atoms with van der Waals surface area (Å²) >= 11 is 0. The highest BCUT2D eigenvalue weighted by atomic mass is 16.3. The Morgan fingerprint density at radius 3 is 2.94 bits per heavy atom. The van der Waals surface area contributed by atoms with Crippen LogP contribution in [0.5, 0.6) is 0 Å². The molecule has 0 aromatic carbocycles. The minimum atomic E-state index is 0.120. The van der Waals surface area contributed by atoms with Gasteiger partial charge in [-0.2, -0.15) is 0 Å². The van der Waals surface area contributed by atoms with Crippen LogP contribution in [0.15, 0.2) is 12.5 Å². The fourth-order valence-corrected chi connectivity index (χ4v) is 2.88. The molecule has 1 aliphatic carbocycles. The molecule has 1 fully saturated rings. The van der Waals surface area contributed by atoms with Gasteiger partial charge in [-0.1, -0.05) is 12.8 Å². The summed E-state index contributed by atoms with van der Waals surface area (Å²) in [5.41, 5.74) is 6.98. The highest BCUT2D eigenvalue weighted by Gasteiger charge is 2.27. The lowest BCUT2D eigenvalue weighted by molar-refractivity contribution is 0.145. The van der Waals surface area contributed by atoms with Gasteiger partial charge in [-0.15, -0.1) is 0 Å². The van der Waals surface area contributed by atoms with E-state index in [2.05, 4.69) is 10.3 Å². The third-order valence-electron chi connectivity index (χ3n) is 4.01. The summed E-state index contributed by atoms with van der Waals surface area (Å²) in [6.45, 7) is 0.814. The lowest BCUT2D eigenvalue weighted by Crippen LogP contribution is -2.44. The molecule has 0 bridgehead atoms. The number of nitrogens with two attached hydrogens (primary N) is 1. The van der Waals surface area contributed by atoms with Gasteiger partial charge in [0, 0.05) is 32.4 Å². The number of hydrogen-bond acceptors (Lipinski definition) is 4.